The number of aromatic amines is 1. The number of carbonyl (C=O) groups excluding carboxylic acids is 3. The Hall–Kier alpha value is -4.69. The molecule has 35 heavy (non-hydrogen) atoms. The molecule has 0 saturated carbocycles. The summed E-state index contributed by atoms with van der Waals surface area (Å²) in [4.78, 5) is 38.9. The highest BCUT2D eigenvalue weighted by atomic mass is 16.2. The minimum atomic E-state index is -0.562. The summed E-state index contributed by atoms with van der Waals surface area (Å²) in [5, 5.41) is 6.34. The Morgan fingerprint density at radius 1 is 1.00 bits per heavy atom. The van der Waals surface area contributed by atoms with Crippen molar-refractivity contribution < 1.29 is 14.4 Å². The van der Waals surface area contributed by atoms with Crippen LogP contribution in [0.2, 0.25) is 0 Å². The molecule has 1 aromatic heterocycles. The predicted molar refractivity (Wildman–Crippen MR) is 139 cm³/mol. The Morgan fingerprint density at radius 2 is 1.77 bits per heavy atom. The minimum absolute atomic E-state index is 0.171. The van der Waals surface area contributed by atoms with Crippen LogP contribution < -0.4 is 22.1 Å². The molecular weight excluding hydrogens is 442 g/mol. The molecule has 8 nitrogen and oxygen atoms in total. The zero-order valence-electron chi connectivity index (χ0n) is 19.1. The fourth-order valence-corrected chi connectivity index (χ4v) is 4.14. The van der Waals surface area contributed by atoms with Crippen LogP contribution in [0.1, 0.15) is 22.8 Å². The van der Waals surface area contributed by atoms with E-state index in [0.29, 0.717) is 22.5 Å². The normalized spacial score (nSPS) is 10.7. The third kappa shape index (κ3) is 4.68. The van der Waals surface area contributed by atoms with Crippen molar-refractivity contribution in [1.29, 1.82) is 0 Å². The highest BCUT2D eigenvalue weighted by molar-refractivity contribution is 6.11. The molecule has 0 radical (unpaired) electrons. The van der Waals surface area contributed by atoms with Gasteiger partial charge in [-0.1, -0.05) is 36.9 Å². The fraction of sp³-hybridized carbons (Fsp3) is 0.0741. The first kappa shape index (κ1) is 23.5. The number of hydrogen-bond acceptors (Lipinski definition) is 4. The summed E-state index contributed by atoms with van der Waals surface area (Å²) in [5.74, 6) is -1.07. The van der Waals surface area contributed by atoms with Crippen molar-refractivity contribution in [1.82, 2.24) is 4.98 Å². The van der Waals surface area contributed by atoms with Crippen LogP contribution in [-0.2, 0) is 16.1 Å². The van der Waals surface area contributed by atoms with Crippen molar-refractivity contribution in [2.75, 3.05) is 10.6 Å². The second-order valence-corrected chi connectivity index (χ2v) is 7.99. The number of H-pyrrole nitrogens is 1. The topological polar surface area (TPSA) is 143 Å². The number of rotatable bonds is 7. The van der Waals surface area contributed by atoms with E-state index in [-0.39, 0.29) is 18.4 Å². The van der Waals surface area contributed by atoms with E-state index in [0.717, 1.165) is 33.3 Å². The van der Waals surface area contributed by atoms with Gasteiger partial charge in [0.1, 0.15) is 0 Å². The van der Waals surface area contributed by atoms with Crippen LogP contribution >= 0.6 is 0 Å². The first-order valence-corrected chi connectivity index (χ1v) is 10.9. The highest BCUT2D eigenvalue weighted by Gasteiger charge is 2.18. The number of anilines is 2. The molecule has 0 unspecified atom stereocenters. The smallest absolute Gasteiger partial charge is 0.250 e. The second-order valence-electron chi connectivity index (χ2n) is 7.99. The summed E-state index contributed by atoms with van der Waals surface area (Å²) in [6, 6.07) is 18.3. The lowest BCUT2D eigenvalue weighted by Gasteiger charge is -2.15. The summed E-state index contributed by atoms with van der Waals surface area (Å²) in [6.45, 7) is 5.12. The van der Waals surface area contributed by atoms with Crippen molar-refractivity contribution in [2.24, 2.45) is 11.5 Å². The number of hydrogen-bond donors (Lipinski definition) is 5. The van der Waals surface area contributed by atoms with E-state index in [1.807, 2.05) is 42.5 Å². The van der Waals surface area contributed by atoms with Crippen molar-refractivity contribution in [2.45, 2.75) is 13.5 Å². The van der Waals surface area contributed by atoms with Gasteiger partial charge in [0.25, 0.3) is 5.91 Å². The summed E-state index contributed by atoms with van der Waals surface area (Å²) >= 11 is 0. The predicted octanol–water partition coefficient (Wildman–Crippen LogP) is 4.14. The second kappa shape index (κ2) is 9.66. The number of carbonyl (C=O) groups is 3. The molecule has 0 bridgehead atoms. The molecule has 0 saturated heterocycles. The van der Waals surface area contributed by atoms with Gasteiger partial charge in [-0.3, -0.25) is 14.4 Å². The Labute approximate surface area is 202 Å². The molecular formula is C27H25N5O3. The number of nitrogens with two attached hydrogens (primary N) is 2. The maximum Gasteiger partial charge on any atom is 0.250 e. The third-order valence-electron chi connectivity index (χ3n) is 5.67. The van der Waals surface area contributed by atoms with Crippen molar-refractivity contribution in [3.8, 4) is 22.4 Å². The number of nitrogens with one attached hydrogen (secondary N) is 3. The summed E-state index contributed by atoms with van der Waals surface area (Å²) < 4.78 is 0. The molecule has 4 aromatic rings. The van der Waals surface area contributed by atoms with Crippen molar-refractivity contribution in [3.63, 3.8) is 0 Å². The third-order valence-corrected chi connectivity index (χ3v) is 5.67. The van der Waals surface area contributed by atoms with Gasteiger partial charge in [-0.2, -0.15) is 0 Å². The lowest BCUT2D eigenvalue weighted by atomic mass is 9.93. The van der Waals surface area contributed by atoms with Gasteiger partial charge >= 0.3 is 0 Å². The molecule has 0 spiro atoms. The maximum absolute atomic E-state index is 12.2. The van der Waals surface area contributed by atoms with Crippen LogP contribution in [0.15, 0.2) is 73.3 Å². The highest BCUT2D eigenvalue weighted by Crippen LogP contribution is 2.38. The monoisotopic (exact) mass is 467 g/mol. The van der Waals surface area contributed by atoms with E-state index in [1.54, 1.807) is 18.2 Å². The van der Waals surface area contributed by atoms with E-state index in [2.05, 4.69) is 22.2 Å². The van der Waals surface area contributed by atoms with Crippen LogP contribution in [0.4, 0.5) is 11.4 Å². The van der Waals surface area contributed by atoms with Gasteiger partial charge < -0.3 is 27.1 Å². The van der Waals surface area contributed by atoms with Crippen molar-refractivity contribution >= 4 is 40.0 Å². The first-order valence-electron chi connectivity index (χ1n) is 10.9. The molecule has 3 aromatic carbocycles. The van der Waals surface area contributed by atoms with Crippen LogP contribution in [0, 0.1) is 0 Å². The average Bonchev–Trinajstić information content (AvgIpc) is 3.28. The van der Waals surface area contributed by atoms with Gasteiger partial charge in [-0.15, -0.1) is 0 Å². The zero-order valence-corrected chi connectivity index (χ0v) is 19.1. The lowest BCUT2D eigenvalue weighted by Crippen LogP contribution is -2.13. The Balaban J connectivity index is 1.93. The summed E-state index contributed by atoms with van der Waals surface area (Å²) in [5.41, 5.74) is 17.9. The van der Waals surface area contributed by atoms with Crippen LogP contribution in [-0.4, -0.2) is 22.7 Å². The molecule has 4 rings (SSSR count). The molecule has 0 fully saturated rings. The average molecular weight is 468 g/mol. The molecule has 1 heterocycles. The van der Waals surface area contributed by atoms with E-state index in [9.17, 15) is 14.4 Å². The number of amides is 3. The van der Waals surface area contributed by atoms with Crippen molar-refractivity contribution in [3.05, 3.63) is 84.4 Å². The molecule has 0 aliphatic carbocycles. The Kier molecular flexibility index (Phi) is 6.48. The molecule has 7 N–H and O–H groups in total. The standard InChI is InChI=1S/C27H25N5O3/c1-3-25(34)31-23-9-5-8-18(22(23)14-28)19-10-11-20(27(29)35)26-21(19)13-24(32-26)16-6-4-7-17(12-16)30-15(2)33/h3-13,32H,1,14,28H2,2H3,(H2,29,35)(H,30,33)(H,31,34). The van der Waals surface area contributed by atoms with E-state index in [4.69, 9.17) is 11.5 Å². The summed E-state index contributed by atoms with van der Waals surface area (Å²) in [6.07, 6.45) is 1.19. The van der Waals surface area contributed by atoms with Crippen LogP contribution in [0.25, 0.3) is 33.3 Å². The maximum atomic E-state index is 12.2. The molecule has 8 heteroatoms. The summed E-state index contributed by atoms with van der Waals surface area (Å²) in [7, 11) is 0. The number of aromatic nitrogens is 1. The van der Waals surface area contributed by atoms with Gasteiger partial charge in [0, 0.05) is 41.5 Å². The van der Waals surface area contributed by atoms with Gasteiger partial charge in [0.15, 0.2) is 0 Å². The molecule has 176 valence electrons. The number of benzene rings is 3. The van der Waals surface area contributed by atoms with Crippen LogP contribution in [0.3, 0.4) is 0 Å². The largest absolute Gasteiger partial charge is 0.366 e. The van der Waals surface area contributed by atoms with Gasteiger partial charge in [0.2, 0.25) is 11.8 Å². The SMILES string of the molecule is C=CC(=O)Nc1cccc(-c2ccc(C(N)=O)c3[nH]c(-c4cccc(NC(C)=O)c4)cc23)c1CN. The van der Waals surface area contributed by atoms with E-state index < -0.39 is 5.91 Å². The number of primary amides is 1. The van der Waals surface area contributed by atoms with E-state index >= 15 is 0 Å². The minimum Gasteiger partial charge on any atom is -0.366 e. The Bertz CT molecular complexity index is 1490. The zero-order chi connectivity index (χ0) is 25.1. The quantitative estimate of drug-likeness (QED) is 0.260. The first-order chi connectivity index (χ1) is 16.8. The van der Waals surface area contributed by atoms with Gasteiger partial charge in [-0.25, -0.2) is 0 Å². The molecule has 0 aliphatic heterocycles. The van der Waals surface area contributed by atoms with Gasteiger partial charge in [0.05, 0.1) is 11.1 Å². The molecule has 0 atom stereocenters. The molecule has 0 aliphatic rings. The molecule has 3 amide bonds. The lowest BCUT2D eigenvalue weighted by molar-refractivity contribution is -0.114. The van der Waals surface area contributed by atoms with Gasteiger partial charge in [-0.05, 0) is 53.1 Å². The Morgan fingerprint density at radius 3 is 2.46 bits per heavy atom. The fourth-order valence-electron chi connectivity index (χ4n) is 4.14. The number of fused-ring (bicyclic) bond motifs is 1. The van der Waals surface area contributed by atoms with Crippen LogP contribution in [0.5, 0.6) is 0 Å². The van der Waals surface area contributed by atoms with E-state index in [1.165, 1.54) is 13.0 Å².